The van der Waals surface area contributed by atoms with Gasteiger partial charge in [0.15, 0.2) is 0 Å². The van der Waals surface area contributed by atoms with E-state index in [2.05, 4.69) is 32.7 Å². The lowest BCUT2D eigenvalue weighted by Gasteiger charge is -2.10. The third-order valence-electron chi connectivity index (χ3n) is 3.74. The molecule has 2 aromatic heterocycles. The van der Waals surface area contributed by atoms with Crippen LogP contribution in [0.4, 0.5) is 11.6 Å². The van der Waals surface area contributed by atoms with Crippen LogP contribution in [0.15, 0.2) is 53.1 Å². The molecule has 0 aliphatic rings. The molecule has 0 amide bonds. The molecule has 0 unspecified atom stereocenters. The minimum absolute atomic E-state index is 0.592. The first-order chi connectivity index (χ1) is 12.2. The van der Waals surface area contributed by atoms with E-state index in [0.29, 0.717) is 6.54 Å². The van der Waals surface area contributed by atoms with E-state index in [9.17, 15) is 0 Å². The summed E-state index contributed by atoms with van der Waals surface area (Å²) in [5, 5.41) is 6.60. The van der Waals surface area contributed by atoms with Crippen molar-refractivity contribution >= 4 is 11.6 Å². The number of hydrogen-bond acceptors (Lipinski definition) is 6. The summed E-state index contributed by atoms with van der Waals surface area (Å²) in [6, 6.07) is 13.8. The number of rotatable bonds is 8. The first-order valence-electron chi connectivity index (χ1n) is 8.21. The molecule has 0 atom stereocenters. The lowest BCUT2D eigenvalue weighted by atomic mass is 10.1. The molecule has 6 nitrogen and oxygen atoms in total. The predicted octanol–water partition coefficient (Wildman–Crippen LogP) is 3.65. The van der Waals surface area contributed by atoms with Gasteiger partial charge in [-0.2, -0.15) is 0 Å². The molecule has 2 heterocycles. The number of nitrogens with one attached hydrogen (secondary N) is 2. The lowest BCUT2D eigenvalue weighted by Crippen LogP contribution is -2.09. The number of benzene rings is 1. The second kappa shape index (κ2) is 8.19. The highest BCUT2D eigenvalue weighted by Crippen LogP contribution is 2.14. The van der Waals surface area contributed by atoms with Crippen molar-refractivity contribution in [3.63, 3.8) is 0 Å². The number of methoxy groups -OCH3 is 1. The fourth-order valence-corrected chi connectivity index (χ4v) is 2.47. The first-order valence-corrected chi connectivity index (χ1v) is 8.21. The Kier molecular flexibility index (Phi) is 5.51. The van der Waals surface area contributed by atoms with Crippen molar-refractivity contribution in [2.24, 2.45) is 0 Å². The Balaban J connectivity index is 1.54. The number of furan rings is 1. The number of anilines is 2. The zero-order valence-corrected chi connectivity index (χ0v) is 14.5. The van der Waals surface area contributed by atoms with Crippen molar-refractivity contribution in [1.29, 1.82) is 0 Å². The quantitative estimate of drug-likeness (QED) is 0.653. The Hall–Kier alpha value is -3.02. The molecule has 2 N–H and O–H groups in total. The molecule has 0 bridgehead atoms. The highest BCUT2D eigenvalue weighted by molar-refractivity contribution is 5.47. The fraction of sp³-hybridized carbons (Fsp3) is 0.263. The molecule has 1 aromatic carbocycles. The summed E-state index contributed by atoms with van der Waals surface area (Å²) in [5.74, 6) is 4.04. The Morgan fingerprint density at radius 2 is 1.80 bits per heavy atom. The summed E-state index contributed by atoms with van der Waals surface area (Å²) in [7, 11) is 1.67. The maximum Gasteiger partial charge on any atom is 0.132 e. The van der Waals surface area contributed by atoms with E-state index in [1.54, 1.807) is 13.4 Å². The van der Waals surface area contributed by atoms with E-state index in [-0.39, 0.29) is 0 Å². The summed E-state index contributed by atoms with van der Waals surface area (Å²) in [6.07, 6.45) is 2.57. The van der Waals surface area contributed by atoms with Gasteiger partial charge in [0.2, 0.25) is 0 Å². The smallest absolute Gasteiger partial charge is 0.132 e. The van der Waals surface area contributed by atoms with Crippen molar-refractivity contribution in [3.8, 4) is 5.75 Å². The third kappa shape index (κ3) is 4.97. The average Bonchev–Trinajstić information content (AvgIpc) is 3.14. The molecule has 0 aliphatic carbocycles. The number of aryl methyl sites for hydroxylation is 1. The van der Waals surface area contributed by atoms with Crippen LogP contribution in [0.3, 0.4) is 0 Å². The Morgan fingerprint density at radius 3 is 2.48 bits per heavy atom. The summed E-state index contributed by atoms with van der Waals surface area (Å²) >= 11 is 0. The zero-order valence-electron chi connectivity index (χ0n) is 14.5. The van der Waals surface area contributed by atoms with Gasteiger partial charge in [-0.05, 0) is 43.2 Å². The molecular weight excluding hydrogens is 316 g/mol. The van der Waals surface area contributed by atoms with Crippen LogP contribution >= 0.6 is 0 Å². The van der Waals surface area contributed by atoms with Gasteiger partial charge in [-0.1, -0.05) is 12.1 Å². The van der Waals surface area contributed by atoms with Gasteiger partial charge in [-0.15, -0.1) is 0 Å². The maximum absolute atomic E-state index is 5.32. The summed E-state index contributed by atoms with van der Waals surface area (Å²) in [4.78, 5) is 8.83. The molecule has 0 radical (unpaired) electrons. The minimum Gasteiger partial charge on any atom is -0.497 e. The first kappa shape index (κ1) is 16.8. The maximum atomic E-state index is 5.32. The minimum atomic E-state index is 0.592. The van der Waals surface area contributed by atoms with Crippen LogP contribution in [-0.2, 0) is 13.0 Å². The number of hydrogen-bond donors (Lipinski definition) is 2. The number of nitrogens with zero attached hydrogens (tertiary/aromatic N) is 2. The highest BCUT2D eigenvalue weighted by atomic mass is 16.5. The number of ether oxygens (including phenoxy) is 1. The second-order valence-corrected chi connectivity index (χ2v) is 5.64. The van der Waals surface area contributed by atoms with Gasteiger partial charge in [0.05, 0.1) is 19.9 Å². The molecule has 0 saturated carbocycles. The van der Waals surface area contributed by atoms with E-state index in [4.69, 9.17) is 9.15 Å². The topological polar surface area (TPSA) is 72.2 Å². The SMILES string of the molecule is COc1ccc(CCNc2cc(NCc3ccco3)nc(C)n2)cc1. The Bertz CT molecular complexity index is 786. The van der Waals surface area contributed by atoms with E-state index in [0.717, 1.165) is 41.9 Å². The zero-order chi connectivity index (χ0) is 17.5. The van der Waals surface area contributed by atoms with Crippen molar-refractivity contribution in [2.75, 3.05) is 24.3 Å². The standard InChI is InChI=1S/C19H22N4O2/c1-14-22-18(12-19(23-14)21-13-17-4-3-11-25-17)20-10-9-15-5-7-16(24-2)8-6-15/h3-8,11-12H,9-10,13H2,1-2H3,(H2,20,21,22,23). The third-order valence-corrected chi connectivity index (χ3v) is 3.74. The van der Waals surface area contributed by atoms with Gasteiger partial charge in [0, 0.05) is 12.6 Å². The monoisotopic (exact) mass is 338 g/mol. The van der Waals surface area contributed by atoms with Gasteiger partial charge in [-0.3, -0.25) is 0 Å². The van der Waals surface area contributed by atoms with Crippen LogP contribution in [0.5, 0.6) is 5.75 Å². The van der Waals surface area contributed by atoms with Crippen LogP contribution in [0, 0.1) is 6.92 Å². The molecule has 0 spiro atoms. The van der Waals surface area contributed by atoms with E-state index >= 15 is 0 Å². The van der Waals surface area contributed by atoms with Crippen LogP contribution in [0.2, 0.25) is 0 Å². The normalized spacial score (nSPS) is 10.5. The Labute approximate surface area is 147 Å². The summed E-state index contributed by atoms with van der Waals surface area (Å²) < 4.78 is 10.5. The fourth-order valence-electron chi connectivity index (χ4n) is 2.47. The van der Waals surface area contributed by atoms with Crippen molar-refractivity contribution in [1.82, 2.24) is 9.97 Å². The molecule has 3 rings (SSSR count). The highest BCUT2D eigenvalue weighted by Gasteiger charge is 2.03. The molecule has 0 fully saturated rings. The average molecular weight is 338 g/mol. The van der Waals surface area contributed by atoms with Crippen LogP contribution in [0.1, 0.15) is 17.1 Å². The number of aromatic nitrogens is 2. The van der Waals surface area contributed by atoms with Crippen molar-refractivity contribution in [3.05, 3.63) is 65.9 Å². The van der Waals surface area contributed by atoms with Gasteiger partial charge < -0.3 is 19.8 Å². The molecule has 3 aromatic rings. The van der Waals surface area contributed by atoms with Crippen molar-refractivity contribution in [2.45, 2.75) is 19.9 Å². The largest absolute Gasteiger partial charge is 0.497 e. The summed E-state index contributed by atoms with van der Waals surface area (Å²) in [6.45, 7) is 3.27. The van der Waals surface area contributed by atoms with Crippen molar-refractivity contribution < 1.29 is 9.15 Å². The van der Waals surface area contributed by atoms with E-state index in [1.807, 2.05) is 37.3 Å². The second-order valence-electron chi connectivity index (χ2n) is 5.64. The molecule has 25 heavy (non-hydrogen) atoms. The predicted molar refractivity (Wildman–Crippen MR) is 98.0 cm³/mol. The van der Waals surface area contributed by atoms with E-state index in [1.165, 1.54) is 5.56 Å². The molecule has 0 saturated heterocycles. The van der Waals surface area contributed by atoms with E-state index < -0.39 is 0 Å². The van der Waals surface area contributed by atoms with Gasteiger partial charge in [-0.25, -0.2) is 9.97 Å². The van der Waals surface area contributed by atoms with Crippen LogP contribution in [-0.4, -0.2) is 23.6 Å². The Morgan fingerprint density at radius 1 is 1.04 bits per heavy atom. The van der Waals surface area contributed by atoms with Crippen LogP contribution in [0.25, 0.3) is 0 Å². The summed E-state index contributed by atoms with van der Waals surface area (Å²) in [5.41, 5.74) is 1.25. The molecule has 6 heteroatoms. The van der Waals surface area contributed by atoms with Gasteiger partial charge in [0.1, 0.15) is 29.0 Å². The van der Waals surface area contributed by atoms with Gasteiger partial charge in [0.25, 0.3) is 0 Å². The van der Waals surface area contributed by atoms with Gasteiger partial charge >= 0.3 is 0 Å². The molecule has 0 aliphatic heterocycles. The van der Waals surface area contributed by atoms with Crippen LogP contribution < -0.4 is 15.4 Å². The molecular formula is C19H22N4O2. The lowest BCUT2D eigenvalue weighted by molar-refractivity contribution is 0.414. The molecule has 130 valence electrons.